The Morgan fingerprint density at radius 1 is 0.333 bits per heavy atom. The molecule has 0 unspecified atom stereocenters. The summed E-state index contributed by atoms with van der Waals surface area (Å²) in [5.41, 5.74) is 10.7. The Morgan fingerprint density at radius 3 is 0.929 bits per heavy atom. The van der Waals surface area contributed by atoms with Gasteiger partial charge in [-0.1, -0.05) is 133 Å². The van der Waals surface area contributed by atoms with E-state index in [-0.39, 0.29) is 11.6 Å². The van der Waals surface area contributed by atoms with Gasteiger partial charge < -0.3 is 0 Å². The molecule has 0 heterocycles. The molecular formula is C40H28O2. The fraction of sp³-hybridized carbons (Fsp3) is 0.0500. The molecule has 0 N–H and O–H groups in total. The largest absolute Gasteiger partial charge is 0.289 e. The number of ketones is 2. The van der Waals surface area contributed by atoms with Gasteiger partial charge in [0.15, 0.2) is 11.6 Å². The number of carbonyl (C=O) groups excluding carboxylic acids is 2. The molecule has 0 spiro atoms. The Hall–Kier alpha value is -5.34. The first-order valence-corrected chi connectivity index (χ1v) is 14.2. The molecule has 1 aliphatic rings. The van der Waals surface area contributed by atoms with Gasteiger partial charge >= 0.3 is 0 Å². The van der Waals surface area contributed by atoms with Gasteiger partial charge in [-0.25, -0.2) is 0 Å². The minimum atomic E-state index is -0.115. The molecule has 0 radical (unpaired) electrons. The van der Waals surface area contributed by atoms with Crippen LogP contribution in [0.15, 0.2) is 133 Å². The van der Waals surface area contributed by atoms with Crippen molar-refractivity contribution in [3.63, 3.8) is 0 Å². The number of aryl methyl sites for hydroxylation is 2. The smallest absolute Gasteiger partial charge is 0.195 e. The summed E-state index contributed by atoms with van der Waals surface area (Å²) in [5.74, 6) is -0.231. The van der Waals surface area contributed by atoms with E-state index in [0.717, 1.165) is 55.6 Å². The van der Waals surface area contributed by atoms with Crippen LogP contribution in [-0.2, 0) is 0 Å². The molecule has 0 fully saturated rings. The molecule has 0 amide bonds. The molecule has 2 nitrogen and oxygen atoms in total. The molecule has 0 aromatic heterocycles. The number of benzene rings is 6. The summed E-state index contributed by atoms with van der Waals surface area (Å²) in [6.07, 6.45) is 0. The fourth-order valence-electron chi connectivity index (χ4n) is 6.46. The molecule has 0 atom stereocenters. The van der Waals surface area contributed by atoms with Crippen molar-refractivity contribution in [1.82, 2.24) is 0 Å². The average molecular weight is 541 g/mol. The maximum absolute atomic E-state index is 15.1. The van der Waals surface area contributed by atoms with E-state index in [9.17, 15) is 0 Å². The number of fused-ring (bicyclic) bond motifs is 2. The van der Waals surface area contributed by atoms with Crippen LogP contribution in [0.3, 0.4) is 0 Å². The lowest BCUT2D eigenvalue weighted by atomic mass is 9.71. The molecule has 0 aliphatic heterocycles. The standard InChI is InChI=1S/C40H28O2/c1-25-23-31(27-15-7-3-8-16-27)35-37(33(25)29-19-11-5-12-20-29)39(41)36-32(28-17-9-4-10-18-28)24-26(2)34(38(36)40(35)42)30-21-13-6-14-22-30/h3-24H,1-2H3. The van der Waals surface area contributed by atoms with Crippen LogP contribution in [0.1, 0.15) is 43.0 Å². The fourth-order valence-corrected chi connectivity index (χ4v) is 6.46. The average Bonchev–Trinajstić information content (AvgIpc) is 3.04. The number of carbonyl (C=O) groups is 2. The highest BCUT2D eigenvalue weighted by Gasteiger charge is 2.39. The van der Waals surface area contributed by atoms with E-state index in [1.165, 1.54) is 0 Å². The van der Waals surface area contributed by atoms with E-state index in [1.807, 2.05) is 135 Å². The third-order valence-corrected chi connectivity index (χ3v) is 8.25. The molecule has 0 saturated carbocycles. The Labute approximate surface area is 245 Å². The van der Waals surface area contributed by atoms with E-state index in [0.29, 0.717) is 22.3 Å². The van der Waals surface area contributed by atoms with Crippen LogP contribution in [0.25, 0.3) is 44.5 Å². The van der Waals surface area contributed by atoms with Crippen LogP contribution in [-0.4, -0.2) is 11.6 Å². The van der Waals surface area contributed by atoms with Gasteiger partial charge in [0.2, 0.25) is 0 Å². The van der Waals surface area contributed by atoms with Gasteiger partial charge in [0.05, 0.1) is 0 Å². The lowest BCUT2D eigenvalue weighted by molar-refractivity contribution is 0.0981. The van der Waals surface area contributed by atoms with E-state index < -0.39 is 0 Å². The number of hydrogen-bond acceptors (Lipinski definition) is 2. The van der Waals surface area contributed by atoms with Crippen LogP contribution in [0.5, 0.6) is 0 Å². The van der Waals surface area contributed by atoms with Crippen LogP contribution in [0.2, 0.25) is 0 Å². The highest BCUT2D eigenvalue weighted by atomic mass is 16.1. The zero-order chi connectivity index (χ0) is 28.8. The van der Waals surface area contributed by atoms with Gasteiger partial charge in [-0.05, 0) is 69.5 Å². The number of rotatable bonds is 4. The van der Waals surface area contributed by atoms with Crippen molar-refractivity contribution in [1.29, 1.82) is 0 Å². The summed E-state index contributed by atoms with van der Waals surface area (Å²) in [7, 11) is 0. The summed E-state index contributed by atoms with van der Waals surface area (Å²) in [6.45, 7) is 4.07. The summed E-state index contributed by atoms with van der Waals surface area (Å²) in [4.78, 5) is 30.2. The van der Waals surface area contributed by atoms with Crippen molar-refractivity contribution in [2.45, 2.75) is 13.8 Å². The van der Waals surface area contributed by atoms with Gasteiger partial charge in [0, 0.05) is 22.3 Å². The Bertz CT molecular complexity index is 1840. The summed E-state index contributed by atoms with van der Waals surface area (Å²) in [6, 6.07) is 43.9. The zero-order valence-electron chi connectivity index (χ0n) is 23.5. The second kappa shape index (κ2) is 10.2. The lowest BCUT2D eigenvalue weighted by Gasteiger charge is -2.29. The van der Waals surface area contributed by atoms with Crippen LogP contribution in [0, 0.1) is 13.8 Å². The normalized spacial score (nSPS) is 12.1. The van der Waals surface area contributed by atoms with E-state index in [2.05, 4.69) is 12.1 Å². The molecule has 1 aliphatic carbocycles. The first-order chi connectivity index (χ1) is 20.5. The molecule has 0 bridgehead atoms. The minimum absolute atomic E-state index is 0.115. The van der Waals surface area contributed by atoms with E-state index in [4.69, 9.17) is 0 Å². The molecule has 2 heteroatoms. The summed E-state index contributed by atoms with van der Waals surface area (Å²) in [5, 5.41) is 0. The predicted molar refractivity (Wildman–Crippen MR) is 171 cm³/mol. The highest BCUT2D eigenvalue weighted by Crippen LogP contribution is 2.47. The highest BCUT2D eigenvalue weighted by molar-refractivity contribution is 6.35. The Morgan fingerprint density at radius 2 is 0.619 bits per heavy atom. The quantitative estimate of drug-likeness (QED) is 0.223. The van der Waals surface area contributed by atoms with Gasteiger partial charge in [0.1, 0.15) is 0 Å². The molecule has 200 valence electrons. The maximum atomic E-state index is 15.1. The Kier molecular flexibility index (Phi) is 6.25. The zero-order valence-corrected chi connectivity index (χ0v) is 23.5. The van der Waals surface area contributed by atoms with Crippen molar-refractivity contribution < 1.29 is 9.59 Å². The molecule has 6 aromatic carbocycles. The maximum Gasteiger partial charge on any atom is 0.195 e. The monoisotopic (exact) mass is 540 g/mol. The van der Waals surface area contributed by atoms with Gasteiger partial charge in [-0.2, -0.15) is 0 Å². The van der Waals surface area contributed by atoms with Gasteiger partial charge in [-0.3, -0.25) is 9.59 Å². The van der Waals surface area contributed by atoms with Crippen molar-refractivity contribution in [2.24, 2.45) is 0 Å². The van der Waals surface area contributed by atoms with Crippen molar-refractivity contribution in [3.8, 4) is 44.5 Å². The number of hydrogen-bond donors (Lipinski definition) is 0. The van der Waals surface area contributed by atoms with E-state index in [1.54, 1.807) is 0 Å². The molecular weight excluding hydrogens is 512 g/mol. The van der Waals surface area contributed by atoms with Crippen LogP contribution >= 0.6 is 0 Å². The lowest BCUT2D eigenvalue weighted by Crippen LogP contribution is -2.25. The summed E-state index contributed by atoms with van der Waals surface area (Å²) < 4.78 is 0. The third kappa shape index (κ3) is 4.03. The van der Waals surface area contributed by atoms with Crippen LogP contribution < -0.4 is 0 Å². The van der Waals surface area contributed by atoms with Crippen molar-refractivity contribution in [2.75, 3.05) is 0 Å². The van der Waals surface area contributed by atoms with Crippen LogP contribution in [0.4, 0.5) is 0 Å². The van der Waals surface area contributed by atoms with Crippen molar-refractivity contribution in [3.05, 3.63) is 167 Å². The summed E-state index contributed by atoms with van der Waals surface area (Å²) >= 11 is 0. The third-order valence-electron chi connectivity index (χ3n) is 8.25. The predicted octanol–water partition coefficient (Wildman–Crippen LogP) is 9.75. The first-order valence-electron chi connectivity index (χ1n) is 14.2. The molecule has 6 aromatic rings. The minimum Gasteiger partial charge on any atom is -0.289 e. The SMILES string of the molecule is Cc1cc(-c2ccccc2)c2c(c1-c1ccccc1)C(=O)c1c(-c3ccccc3)cc(C)c(-c3ccccc3)c1C2=O. The molecule has 7 rings (SSSR count). The molecule has 42 heavy (non-hydrogen) atoms. The van der Waals surface area contributed by atoms with Crippen molar-refractivity contribution >= 4 is 11.6 Å². The Balaban J connectivity index is 1.64. The first kappa shape index (κ1) is 25.6. The second-order valence-corrected chi connectivity index (χ2v) is 10.9. The van der Waals surface area contributed by atoms with Gasteiger partial charge in [0.25, 0.3) is 0 Å². The molecule has 0 saturated heterocycles. The second-order valence-electron chi connectivity index (χ2n) is 10.9. The topological polar surface area (TPSA) is 34.1 Å². The van der Waals surface area contributed by atoms with E-state index >= 15 is 9.59 Å². The van der Waals surface area contributed by atoms with Gasteiger partial charge in [-0.15, -0.1) is 0 Å².